The predicted octanol–water partition coefficient (Wildman–Crippen LogP) is 3.26. The van der Waals surface area contributed by atoms with Gasteiger partial charge in [0.25, 0.3) is 0 Å². The van der Waals surface area contributed by atoms with Crippen LogP contribution in [-0.4, -0.2) is 5.75 Å². The summed E-state index contributed by atoms with van der Waals surface area (Å²) in [6.07, 6.45) is 2.25. The van der Waals surface area contributed by atoms with E-state index in [2.05, 4.69) is 18.7 Å². The Morgan fingerprint density at radius 3 is 2.80 bits per heavy atom. The lowest BCUT2D eigenvalue weighted by Gasteiger charge is -1.90. The third-order valence-electron chi connectivity index (χ3n) is 1.21. The molecule has 0 amide bonds. The van der Waals surface area contributed by atoms with Crippen molar-refractivity contribution in [2.45, 2.75) is 12.8 Å². The van der Waals surface area contributed by atoms with E-state index in [1.165, 1.54) is 4.88 Å². The van der Waals surface area contributed by atoms with E-state index in [4.69, 9.17) is 11.6 Å². The van der Waals surface area contributed by atoms with Crippen molar-refractivity contribution in [1.82, 2.24) is 0 Å². The number of thiol groups is 1. The second kappa shape index (κ2) is 4.27. The van der Waals surface area contributed by atoms with Gasteiger partial charge in [-0.1, -0.05) is 11.6 Å². The minimum Gasteiger partial charge on any atom is -0.179 e. The highest BCUT2D eigenvalue weighted by molar-refractivity contribution is 7.80. The van der Waals surface area contributed by atoms with Crippen molar-refractivity contribution in [2.24, 2.45) is 0 Å². The van der Waals surface area contributed by atoms with Gasteiger partial charge in [-0.3, -0.25) is 0 Å². The zero-order valence-corrected chi connectivity index (χ0v) is 7.98. The molecule has 0 unspecified atom stereocenters. The van der Waals surface area contributed by atoms with E-state index in [0.717, 1.165) is 22.9 Å². The van der Waals surface area contributed by atoms with E-state index in [1.54, 1.807) is 11.3 Å². The molecule has 1 aromatic rings. The first-order valence-corrected chi connectivity index (χ1v) is 5.00. The normalized spacial score (nSPS) is 10.2. The van der Waals surface area contributed by atoms with Gasteiger partial charge in [0, 0.05) is 4.88 Å². The van der Waals surface area contributed by atoms with Gasteiger partial charge in [-0.25, -0.2) is 0 Å². The summed E-state index contributed by atoms with van der Waals surface area (Å²) in [4.78, 5) is 1.36. The van der Waals surface area contributed by atoms with E-state index < -0.39 is 0 Å². The lowest BCUT2D eigenvalue weighted by molar-refractivity contribution is 0.955. The van der Waals surface area contributed by atoms with Crippen LogP contribution in [0.4, 0.5) is 0 Å². The van der Waals surface area contributed by atoms with Crippen molar-refractivity contribution >= 4 is 35.6 Å². The van der Waals surface area contributed by atoms with Crippen molar-refractivity contribution < 1.29 is 0 Å². The monoisotopic (exact) mass is 192 g/mol. The first kappa shape index (κ1) is 8.44. The summed E-state index contributed by atoms with van der Waals surface area (Å²) in [6.45, 7) is 0. The molecule has 1 rings (SSSR count). The molecule has 0 radical (unpaired) electrons. The lowest BCUT2D eigenvalue weighted by atomic mass is 10.3. The number of aryl methyl sites for hydroxylation is 1. The zero-order valence-electron chi connectivity index (χ0n) is 5.51. The maximum atomic E-state index is 5.74. The van der Waals surface area contributed by atoms with Gasteiger partial charge in [-0.05, 0) is 30.7 Å². The summed E-state index contributed by atoms with van der Waals surface area (Å²) in [5, 5.41) is 0. The van der Waals surface area contributed by atoms with Crippen LogP contribution in [0.5, 0.6) is 0 Å². The summed E-state index contributed by atoms with van der Waals surface area (Å²) in [5.74, 6) is 0.954. The minimum absolute atomic E-state index is 0.883. The number of halogens is 1. The first-order valence-electron chi connectivity index (χ1n) is 3.18. The van der Waals surface area contributed by atoms with Crippen LogP contribution in [0.15, 0.2) is 12.1 Å². The number of hydrogen-bond acceptors (Lipinski definition) is 2. The summed E-state index contributed by atoms with van der Waals surface area (Å²) < 4.78 is 0.883. The molecule has 1 aromatic heterocycles. The first-order chi connectivity index (χ1) is 4.83. The van der Waals surface area contributed by atoms with Crippen LogP contribution < -0.4 is 0 Å². The maximum absolute atomic E-state index is 5.74. The predicted molar refractivity (Wildman–Crippen MR) is 51.5 cm³/mol. The van der Waals surface area contributed by atoms with Crippen LogP contribution in [0, 0.1) is 0 Å². The Labute approximate surface area is 75.6 Å². The molecule has 1 heterocycles. The Hall–Kier alpha value is 0.340. The fourth-order valence-corrected chi connectivity index (χ4v) is 2.03. The number of thiophene rings is 1. The highest BCUT2D eigenvalue weighted by atomic mass is 35.5. The fourth-order valence-electron chi connectivity index (χ4n) is 0.739. The molecule has 0 N–H and O–H groups in total. The van der Waals surface area contributed by atoms with E-state index >= 15 is 0 Å². The quantitative estimate of drug-likeness (QED) is 0.699. The smallest absolute Gasteiger partial charge is 0.0931 e. The van der Waals surface area contributed by atoms with E-state index in [1.807, 2.05) is 6.07 Å². The molecule has 3 heteroatoms. The molecule has 10 heavy (non-hydrogen) atoms. The Bertz CT molecular complexity index is 195. The molecule has 56 valence electrons. The van der Waals surface area contributed by atoms with Crippen LogP contribution in [0.1, 0.15) is 11.3 Å². The van der Waals surface area contributed by atoms with E-state index in [9.17, 15) is 0 Å². The zero-order chi connectivity index (χ0) is 7.40. The standard InChI is InChI=1S/C7H9ClS2/c8-7-4-3-6(10-7)2-1-5-9/h3-4,9H,1-2,5H2. The van der Waals surface area contributed by atoms with Crippen molar-refractivity contribution in [1.29, 1.82) is 0 Å². The summed E-state index contributed by atoms with van der Waals surface area (Å²) in [6, 6.07) is 4.02. The SMILES string of the molecule is SCCCc1ccc(Cl)s1. The average molecular weight is 193 g/mol. The van der Waals surface area contributed by atoms with E-state index in [-0.39, 0.29) is 0 Å². The summed E-state index contributed by atoms with van der Waals surface area (Å²) in [7, 11) is 0. The second-order valence-corrected chi connectivity index (χ2v) is 4.28. The Kier molecular flexibility index (Phi) is 3.60. The molecule has 0 aliphatic rings. The molecule has 0 saturated heterocycles. The molecule has 0 spiro atoms. The van der Waals surface area contributed by atoms with Gasteiger partial charge in [0.15, 0.2) is 0 Å². The molecule has 0 aromatic carbocycles. The number of hydrogen-bond donors (Lipinski definition) is 1. The number of rotatable bonds is 3. The maximum Gasteiger partial charge on any atom is 0.0931 e. The molecule has 0 aliphatic carbocycles. The van der Waals surface area contributed by atoms with Gasteiger partial charge in [0.1, 0.15) is 0 Å². The molecule has 0 bridgehead atoms. The highest BCUT2D eigenvalue weighted by Gasteiger charge is 1.95. The minimum atomic E-state index is 0.883. The molecular weight excluding hydrogens is 184 g/mol. The Morgan fingerprint density at radius 1 is 1.50 bits per heavy atom. The van der Waals surface area contributed by atoms with Crippen LogP contribution in [0.3, 0.4) is 0 Å². The van der Waals surface area contributed by atoms with Gasteiger partial charge in [0.2, 0.25) is 0 Å². The third-order valence-corrected chi connectivity index (χ3v) is 2.82. The second-order valence-electron chi connectivity index (χ2n) is 2.03. The van der Waals surface area contributed by atoms with Crippen LogP contribution in [-0.2, 0) is 6.42 Å². The van der Waals surface area contributed by atoms with Gasteiger partial charge in [-0.15, -0.1) is 11.3 Å². The molecular formula is C7H9ClS2. The molecule has 0 aliphatic heterocycles. The van der Waals surface area contributed by atoms with Crippen molar-refractivity contribution in [3.8, 4) is 0 Å². The third kappa shape index (κ3) is 2.52. The Morgan fingerprint density at radius 2 is 2.30 bits per heavy atom. The van der Waals surface area contributed by atoms with Crippen molar-refractivity contribution in [2.75, 3.05) is 5.75 Å². The van der Waals surface area contributed by atoms with Gasteiger partial charge < -0.3 is 0 Å². The fraction of sp³-hybridized carbons (Fsp3) is 0.429. The van der Waals surface area contributed by atoms with Crippen molar-refractivity contribution in [3.63, 3.8) is 0 Å². The summed E-state index contributed by atoms with van der Waals surface area (Å²) >= 11 is 11.5. The molecule has 0 nitrogen and oxygen atoms in total. The largest absolute Gasteiger partial charge is 0.179 e. The topological polar surface area (TPSA) is 0 Å². The molecule has 0 atom stereocenters. The van der Waals surface area contributed by atoms with Crippen LogP contribution >= 0.6 is 35.6 Å². The highest BCUT2D eigenvalue weighted by Crippen LogP contribution is 2.22. The Balaban J connectivity index is 2.42. The van der Waals surface area contributed by atoms with Crippen molar-refractivity contribution in [3.05, 3.63) is 21.3 Å². The van der Waals surface area contributed by atoms with Gasteiger partial charge in [-0.2, -0.15) is 12.6 Å². The van der Waals surface area contributed by atoms with Gasteiger partial charge in [0.05, 0.1) is 4.34 Å². The van der Waals surface area contributed by atoms with E-state index in [0.29, 0.717) is 0 Å². The van der Waals surface area contributed by atoms with Gasteiger partial charge >= 0.3 is 0 Å². The van der Waals surface area contributed by atoms with Crippen LogP contribution in [0.25, 0.3) is 0 Å². The average Bonchev–Trinajstić information content (AvgIpc) is 2.31. The lowest BCUT2D eigenvalue weighted by Crippen LogP contribution is -1.79. The molecule has 0 saturated carbocycles. The van der Waals surface area contributed by atoms with Crippen LogP contribution in [0.2, 0.25) is 4.34 Å². The summed E-state index contributed by atoms with van der Waals surface area (Å²) in [5.41, 5.74) is 0. The molecule has 0 fully saturated rings.